The van der Waals surface area contributed by atoms with Gasteiger partial charge in [0.25, 0.3) is 5.91 Å². The molecule has 2 aromatic rings. The van der Waals surface area contributed by atoms with Crippen LogP contribution in [0.2, 0.25) is 0 Å². The zero-order valence-corrected chi connectivity index (χ0v) is 13.5. The van der Waals surface area contributed by atoms with Gasteiger partial charge in [0.1, 0.15) is 0 Å². The molecule has 2 N–H and O–H groups in total. The second-order valence-corrected chi connectivity index (χ2v) is 5.31. The number of ether oxygens (including phenoxy) is 1. The number of methoxy groups -OCH3 is 1. The molecule has 0 aliphatic heterocycles. The number of carbonyl (C=O) groups excluding carboxylic acids is 2. The fourth-order valence-electron chi connectivity index (χ4n) is 2.24. The molecule has 0 fully saturated rings. The first-order valence-corrected chi connectivity index (χ1v) is 7.17. The molecule has 124 valence electrons. The van der Waals surface area contributed by atoms with Crippen molar-refractivity contribution in [1.82, 2.24) is 0 Å². The number of hydrogen-bond donors (Lipinski definition) is 2. The smallest absolute Gasteiger partial charge is 0.338 e. The predicted molar refractivity (Wildman–Crippen MR) is 88.6 cm³/mol. The maximum Gasteiger partial charge on any atom is 0.338 e. The van der Waals surface area contributed by atoms with Crippen molar-refractivity contribution in [2.45, 2.75) is 13.8 Å². The number of benzene rings is 2. The third-order valence-electron chi connectivity index (χ3n) is 3.62. The van der Waals surface area contributed by atoms with Crippen molar-refractivity contribution in [3.63, 3.8) is 0 Å². The molecule has 2 aromatic carbocycles. The van der Waals surface area contributed by atoms with Crippen LogP contribution in [0.25, 0.3) is 0 Å². The Hall–Kier alpha value is -3.15. The minimum atomic E-state index is -1.19. The van der Waals surface area contributed by atoms with E-state index in [1.807, 2.05) is 6.92 Å². The highest BCUT2D eigenvalue weighted by atomic mass is 16.5. The van der Waals surface area contributed by atoms with Crippen LogP contribution >= 0.6 is 0 Å². The van der Waals surface area contributed by atoms with Crippen LogP contribution in [0, 0.1) is 13.8 Å². The Morgan fingerprint density at radius 3 is 2.12 bits per heavy atom. The van der Waals surface area contributed by atoms with Gasteiger partial charge in [-0.05, 0) is 43.7 Å². The molecule has 0 aromatic heterocycles. The lowest BCUT2D eigenvalue weighted by Gasteiger charge is -2.12. The molecule has 0 saturated carbocycles. The van der Waals surface area contributed by atoms with Gasteiger partial charge in [0.15, 0.2) is 0 Å². The van der Waals surface area contributed by atoms with Crippen molar-refractivity contribution in [2.24, 2.45) is 0 Å². The number of aromatic carboxylic acids is 1. The summed E-state index contributed by atoms with van der Waals surface area (Å²) < 4.78 is 4.67. The average Bonchev–Trinajstić information content (AvgIpc) is 2.55. The quantitative estimate of drug-likeness (QED) is 0.842. The van der Waals surface area contributed by atoms with E-state index >= 15 is 0 Å². The van der Waals surface area contributed by atoms with Crippen LogP contribution in [0.5, 0.6) is 0 Å². The Bertz CT molecular complexity index is 809. The van der Waals surface area contributed by atoms with Gasteiger partial charge < -0.3 is 15.2 Å². The monoisotopic (exact) mass is 327 g/mol. The maximum atomic E-state index is 12.3. The first kappa shape index (κ1) is 17.2. The Balaban J connectivity index is 2.40. The summed E-state index contributed by atoms with van der Waals surface area (Å²) in [5.74, 6) is -2.25. The Labute approximate surface area is 139 Å². The molecule has 1 amide bonds. The number of hydrogen-bond acceptors (Lipinski definition) is 4. The molecule has 0 radical (unpaired) electrons. The number of carboxylic acid groups (broad SMARTS) is 1. The standard InChI is InChI=1S/C18H17NO5/c1-10-4-6-12(7-5-10)16(20)19-13-8-14(17(21)22)11(2)15(9-13)18(23)24-3/h4-9H,1-3H3,(H,19,20)(H,21,22). The van der Waals surface area contributed by atoms with Crippen molar-refractivity contribution in [3.8, 4) is 0 Å². The summed E-state index contributed by atoms with van der Waals surface area (Å²) in [5.41, 5.74) is 1.96. The highest BCUT2D eigenvalue weighted by molar-refractivity contribution is 6.06. The molecule has 0 atom stereocenters. The van der Waals surface area contributed by atoms with Gasteiger partial charge in [0.05, 0.1) is 18.2 Å². The summed E-state index contributed by atoms with van der Waals surface area (Å²) in [7, 11) is 1.21. The summed E-state index contributed by atoms with van der Waals surface area (Å²) in [6, 6.07) is 9.64. The van der Waals surface area contributed by atoms with Gasteiger partial charge in [-0.25, -0.2) is 9.59 Å². The number of nitrogens with one attached hydrogen (secondary N) is 1. The zero-order chi connectivity index (χ0) is 17.9. The molecular weight excluding hydrogens is 310 g/mol. The number of aryl methyl sites for hydroxylation is 1. The van der Waals surface area contributed by atoms with Gasteiger partial charge >= 0.3 is 11.9 Å². The SMILES string of the molecule is COC(=O)c1cc(NC(=O)c2ccc(C)cc2)cc(C(=O)O)c1C. The molecule has 0 heterocycles. The summed E-state index contributed by atoms with van der Waals surface area (Å²) in [5, 5.41) is 11.9. The van der Waals surface area contributed by atoms with Gasteiger partial charge in [0.2, 0.25) is 0 Å². The number of esters is 1. The van der Waals surface area contributed by atoms with Crippen LogP contribution in [0.3, 0.4) is 0 Å². The molecule has 0 aliphatic rings. The fourth-order valence-corrected chi connectivity index (χ4v) is 2.24. The van der Waals surface area contributed by atoms with E-state index in [9.17, 15) is 19.5 Å². The number of carbonyl (C=O) groups is 3. The molecule has 0 unspecified atom stereocenters. The molecule has 6 heteroatoms. The lowest BCUT2D eigenvalue weighted by molar-refractivity contribution is 0.0599. The number of carboxylic acids is 1. The summed E-state index contributed by atoms with van der Waals surface area (Å²) in [6.07, 6.45) is 0. The van der Waals surface area contributed by atoms with E-state index in [2.05, 4.69) is 10.1 Å². The number of anilines is 1. The largest absolute Gasteiger partial charge is 0.478 e. The molecular formula is C18H17NO5. The van der Waals surface area contributed by atoms with Crippen molar-refractivity contribution in [2.75, 3.05) is 12.4 Å². The van der Waals surface area contributed by atoms with E-state index in [4.69, 9.17) is 0 Å². The zero-order valence-electron chi connectivity index (χ0n) is 13.5. The van der Waals surface area contributed by atoms with Crippen LogP contribution in [0.15, 0.2) is 36.4 Å². The average molecular weight is 327 g/mol. The van der Waals surface area contributed by atoms with Crippen LogP contribution < -0.4 is 5.32 Å². The van der Waals surface area contributed by atoms with Crippen molar-refractivity contribution < 1.29 is 24.2 Å². The number of rotatable bonds is 4. The topological polar surface area (TPSA) is 92.7 Å². The van der Waals surface area contributed by atoms with E-state index in [1.54, 1.807) is 24.3 Å². The van der Waals surface area contributed by atoms with E-state index in [0.717, 1.165) is 5.56 Å². The molecule has 24 heavy (non-hydrogen) atoms. The highest BCUT2D eigenvalue weighted by Gasteiger charge is 2.19. The summed E-state index contributed by atoms with van der Waals surface area (Å²) >= 11 is 0. The normalized spacial score (nSPS) is 10.1. The van der Waals surface area contributed by atoms with Crippen molar-refractivity contribution >= 4 is 23.5 Å². The summed E-state index contributed by atoms with van der Waals surface area (Å²) in [4.78, 5) is 35.5. The Kier molecular flexibility index (Phi) is 4.99. The molecule has 0 saturated heterocycles. The molecule has 0 bridgehead atoms. The lowest BCUT2D eigenvalue weighted by Crippen LogP contribution is -2.15. The van der Waals surface area contributed by atoms with Gasteiger partial charge in [-0.1, -0.05) is 17.7 Å². The van der Waals surface area contributed by atoms with Crippen LogP contribution in [-0.2, 0) is 4.74 Å². The van der Waals surface area contributed by atoms with E-state index < -0.39 is 17.8 Å². The Morgan fingerprint density at radius 2 is 1.58 bits per heavy atom. The van der Waals surface area contributed by atoms with Gasteiger partial charge in [-0.2, -0.15) is 0 Å². The highest BCUT2D eigenvalue weighted by Crippen LogP contribution is 2.22. The lowest BCUT2D eigenvalue weighted by atomic mass is 10.0. The minimum absolute atomic E-state index is 0.0721. The van der Waals surface area contributed by atoms with Gasteiger partial charge in [-0.3, -0.25) is 4.79 Å². The van der Waals surface area contributed by atoms with Crippen LogP contribution in [0.4, 0.5) is 5.69 Å². The fraction of sp³-hybridized carbons (Fsp3) is 0.167. The van der Waals surface area contributed by atoms with Crippen LogP contribution in [0.1, 0.15) is 42.2 Å². The van der Waals surface area contributed by atoms with E-state index in [1.165, 1.54) is 26.2 Å². The van der Waals surface area contributed by atoms with Crippen molar-refractivity contribution in [3.05, 3.63) is 64.2 Å². The van der Waals surface area contributed by atoms with Crippen molar-refractivity contribution in [1.29, 1.82) is 0 Å². The second-order valence-electron chi connectivity index (χ2n) is 5.31. The van der Waals surface area contributed by atoms with Gasteiger partial charge in [-0.15, -0.1) is 0 Å². The van der Waals surface area contributed by atoms with E-state index in [-0.39, 0.29) is 22.4 Å². The Morgan fingerprint density at radius 1 is 1.00 bits per heavy atom. The minimum Gasteiger partial charge on any atom is -0.478 e. The van der Waals surface area contributed by atoms with Gasteiger partial charge in [0, 0.05) is 11.3 Å². The first-order valence-electron chi connectivity index (χ1n) is 7.17. The molecule has 6 nitrogen and oxygen atoms in total. The summed E-state index contributed by atoms with van der Waals surface area (Å²) in [6.45, 7) is 3.42. The maximum absolute atomic E-state index is 12.3. The third-order valence-corrected chi connectivity index (χ3v) is 3.62. The molecule has 0 aliphatic carbocycles. The second kappa shape index (κ2) is 6.95. The third kappa shape index (κ3) is 3.60. The predicted octanol–water partition coefficient (Wildman–Crippen LogP) is 3.04. The number of amides is 1. The molecule has 2 rings (SSSR count). The van der Waals surface area contributed by atoms with Crippen LogP contribution in [-0.4, -0.2) is 30.1 Å². The van der Waals surface area contributed by atoms with E-state index in [0.29, 0.717) is 5.56 Å². The molecule has 0 spiro atoms. The first-order chi connectivity index (χ1) is 11.3.